The SMILES string of the molecule is c1ccc(-n2c3ccccc3c3cc(-c4cc(-c5ccc6c(c5)-c5ccccc5-c5ccccc5-c5ccccc5-6)cc(-c5cccc6c5oc5ccccc56)c4)ccc32)cc1. The van der Waals surface area contributed by atoms with Crippen LogP contribution >= 0.6 is 0 Å². The molecule has 0 radical (unpaired) electrons. The molecular formula is C60H37NO. The third-order valence-corrected chi connectivity index (χ3v) is 13.0. The maximum absolute atomic E-state index is 6.68. The van der Waals surface area contributed by atoms with E-state index in [1.54, 1.807) is 0 Å². The summed E-state index contributed by atoms with van der Waals surface area (Å²) in [5.41, 5.74) is 22.1. The van der Waals surface area contributed by atoms with Crippen molar-refractivity contribution in [1.29, 1.82) is 0 Å². The second-order valence-electron chi connectivity index (χ2n) is 16.4. The highest BCUT2D eigenvalue weighted by atomic mass is 16.3. The molecule has 0 N–H and O–H groups in total. The smallest absolute Gasteiger partial charge is 0.143 e. The quantitative estimate of drug-likeness (QED) is 0.174. The number of hydrogen-bond acceptors (Lipinski definition) is 1. The summed E-state index contributed by atoms with van der Waals surface area (Å²) in [4.78, 5) is 0. The first-order valence-electron chi connectivity index (χ1n) is 21.3. The molecular weight excluding hydrogens is 751 g/mol. The third-order valence-electron chi connectivity index (χ3n) is 13.0. The van der Waals surface area contributed by atoms with Crippen LogP contribution in [0.3, 0.4) is 0 Å². The van der Waals surface area contributed by atoms with Gasteiger partial charge in [0.05, 0.1) is 11.0 Å². The van der Waals surface area contributed by atoms with E-state index in [-0.39, 0.29) is 0 Å². The van der Waals surface area contributed by atoms with E-state index in [0.29, 0.717) is 0 Å². The van der Waals surface area contributed by atoms with E-state index in [0.717, 1.165) is 61.0 Å². The molecule has 1 aliphatic rings. The van der Waals surface area contributed by atoms with Gasteiger partial charge < -0.3 is 8.98 Å². The summed E-state index contributed by atoms with van der Waals surface area (Å²) in [6, 6.07) is 82.0. The summed E-state index contributed by atoms with van der Waals surface area (Å²) in [6.07, 6.45) is 0. The Morgan fingerprint density at radius 2 is 0.742 bits per heavy atom. The Kier molecular flexibility index (Phi) is 7.64. The number of para-hydroxylation sites is 4. The highest BCUT2D eigenvalue weighted by molar-refractivity contribution is 6.12. The standard InChI is InChI=1S/C60H37NO/c1-2-15-43(16-3-1)61-57-27-12-10-23-52(57)56-37-39(30-32-58(56)61)41-33-40(34-42(35-41)44-25-14-26-54-53-24-11-13-28-59(53)62-60(44)54)38-29-31-51-49-21-7-6-19-47(49)45-17-4-5-18-46(45)48-20-8-9-22-50(48)55(51)36-38/h1-37H. The van der Waals surface area contributed by atoms with Gasteiger partial charge in [0.2, 0.25) is 0 Å². The lowest BCUT2D eigenvalue weighted by Gasteiger charge is -2.23. The summed E-state index contributed by atoms with van der Waals surface area (Å²) < 4.78 is 9.06. The zero-order valence-electron chi connectivity index (χ0n) is 33.7. The Morgan fingerprint density at radius 1 is 0.258 bits per heavy atom. The summed E-state index contributed by atoms with van der Waals surface area (Å²) >= 11 is 0. The number of hydrogen-bond donors (Lipinski definition) is 0. The minimum atomic E-state index is 0.897. The number of benzene rings is 10. The van der Waals surface area contributed by atoms with Gasteiger partial charge in [0.25, 0.3) is 0 Å². The fourth-order valence-corrected chi connectivity index (χ4v) is 10.1. The van der Waals surface area contributed by atoms with Gasteiger partial charge in [-0.3, -0.25) is 0 Å². The fraction of sp³-hybridized carbons (Fsp3) is 0. The van der Waals surface area contributed by atoms with Gasteiger partial charge >= 0.3 is 0 Å². The van der Waals surface area contributed by atoms with Crippen LogP contribution in [0.1, 0.15) is 0 Å². The van der Waals surface area contributed by atoms with E-state index >= 15 is 0 Å². The summed E-state index contributed by atoms with van der Waals surface area (Å²) in [5, 5.41) is 4.71. The number of fused-ring (bicyclic) bond motifs is 14. The molecule has 0 saturated carbocycles. The first-order valence-corrected chi connectivity index (χ1v) is 21.3. The number of nitrogens with zero attached hydrogens (tertiary/aromatic N) is 1. The topological polar surface area (TPSA) is 18.1 Å². The van der Waals surface area contributed by atoms with Gasteiger partial charge in [-0.25, -0.2) is 0 Å². The molecule has 0 saturated heterocycles. The lowest BCUT2D eigenvalue weighted by Crippen LogP contribution is -1.97. The number of furan rings is 1. The predicted molar refractivity (Wildman–Crippen MR) is 260 cm³/mol. The highest BCUT2D eigenvalue weighted by Crippen LogP contribution is 2.49. The zero-order chi connectivity index (χ0) is 40.7. The van der Waals surface area contributed by atoms with Crippen LogP contribution in [0.5, 0.6) is 0 Å². The molecule has 2 aromatic heterocycles. The lowest BCUT2D eigenvalue weighted by molar-refractivity contribution is 0.670. The molecule has 2 nitrogen and oxygen atoms in total. The fourth-order valence-electron chi connectivity index (χ4n) is 10.1. The second kappa shape index (κ2) is 13.7. The zero-order valence-corrected chi connectivity index (χ0v) is 33.7. The third kappa shape index (κ3) is 5.30. The first kappa shape index (κ1) is 34.6. The summed E-state index contributed by atoms with van der Waals surface area (Å²) in [6.45, 7) is 0. The van der Waals surface area contributed by atoms with Crippen molar-refractivity contribution in [2.45, 2.75) is 0 Å². The molecule has 0 aliphatic heterocycles. The van der Waals surface area contributed by atoms with Crippen molar-refractivity contribution in [3.05, 3.63) is 224 Å². The van der Waals surface area contributed by atoms with Crippen molar-refractivity contribution in [3.63, 3.8) is 0 Å². The molecule has 2 heterocycles. The van der Waals surface area contributed by atoms with Crippen molar-refractivity contribution >= 4 is 43.7 Å². The van der Waals surface area contributed by atoms with Gasteiger partial charge in [0, 0.05) is 32.8 Å². The van der Waals surface area contributed by atoms with Crippen LogP contribution in [0.15, 0.2) is 229 Å². The van der Waals surface area contributed by atoms with Crippen molar-refractivity contribution in [1.82, 2.24) is 4.57 Å². The van der Waals surface area contributed by atoms with Crippen molar-refractivity contribution in [2.75, 3.05) is 0 Å². The molecule has 0 atom stereocenters. The predicted octanol–water partition coefficient (Wildman–Crippen LogP) is 16.7. The number of aromatic nitrogens is 1. The average Bonchev–Trinajstić information content (AvgIpc) is 3.89. The van der Waals surface area contributed by atoms with Crippen molar-refractivity contribution in [3.8, 4) is 83.6 Å². The number of rotatable bonds is 4. The monoisotopic (exact) mass is 787 g/mol. The molecule has 0 unspecified atom stereocenters. The van der Waals surface area contributed by atoms with Crippen LogP contribution < -0.4 is 0 Å². The minimum Gasteiger partial charge on any atom is -0.455 e. The van der Waals surface area contributed by atoms with Crippen LogP contribution in [0.2, 0.25) is 0 Å². The maximum atomic E-state index is 6.68. The molecule has 288 valence electrons. The van der Waals surface area contributed by atoms with E-state index in [1.165, 1.54) is 66.3 Å². The molecule has 0 fully saturated rings. The van der Waals surface area contributed by atoms with Gasteiger partial charge in [-0.05, 0) is 133 Å². The van der Waals surface area contributed by atoms with Crippen molar-refractivity contribution < 1.29 is 4.42 Å². The van der Waals surface area contributed by atoms with Crippen LogP contribution in [0.4, 0.5) is 0 Å². The van der Waals surface area contributed by atoms with Crippen LogP contribution in [0.25, 0.3) is 127 Å². The Morgan fingerprint density at radius 3 is 1.44 bits per heavy atom. The van der Waals surface area contributed by atoms with Gasteiger partial charge in [-0.1, -0.05) is 164 Å². The molecule has 13 rings (SSSR count). The average molecular weight is 788 g/mol. The Bertz CT molecular complexity index is 3750. The molecule has 0 bridgehead atoms. The lowest BCUT2D eigenvalue weighted by atomic mass is 9.80. The highest BCUT2D eigenvalue weighted by Gasteiger charge is 2.23. The van der Waals surface area contributed by atoms with Gasteiger partial charge in [0.1, 0.15) is 11.2 Å². The largest absolute Gasteiger partial charge is 0.455 e. The molecule has 12 aromatic rings. The van der Waals surface area contributed by atoms with E-state index in [9.17, 15) is 0 Å². The Labute approximate surface area is 359 Å². The van der Waals surface area contributed by atoms with Gasteiger partial charge in [-0.2, -0.15) is 0 Å². The second-order valence-corrected chi connectivity index (χ2v) is 16.4. The van der Waals surface area contributed by atoms with E-state index < -0.39 is 0 Å². The molecule has 62 heavy (non-hydrogen) atoms. The molecule has 2 heteroatoms. The van der Waals surface area contributed by atoms with E-state index in [1.807, 2.05) is 6.07 Å². The molecule has 0 spiro atoms. The Balaban J connectivity index is 1.06. The van der Waals surface area contributed by atoms with Crippen LogP contribution in [-0.4, -0.2) is 4.57 Å². The first-order chi connectivity index (χ1) is 30.7. The van der Waals surface area contributed by atoms with Crippen LogP contribution in [-0.2, 0) is 0 Å². The van der Waals surface area contributed by atoms with Gasteiger partial charge in [0.15, 0.2) is 0 Å². The van der Waals surface area contributed by atoms with Crippen molar-refractivity contribution in [2.24, 2.45) is 0 Å². The molecule has 0 amide bonds. The minimum absolute atomic E-state index is 0.897. The summed E-state index contributed by atoms with van der Waals surface area (Å²) in [7, 11) is 0. The maximum Gasteiger partial charge on any atom is 0.143 e. The van der Waals surface area contributed by atoms with E-state index in [4.69, 9.17) is 4.42 Å². The Hall–Kier alpha value is -8.20. The van der Waals surface area contributed by atoms with Gasteiger partial charge in [-0.15, -0.1) is 0 Å². The molecule has 1 aliphatic carbocycles. The molecule has 10 aromatic carbocycles. The van der Waals surface area contributed by atoms with Crippen LogP contribution in [0, 0.1) is 0 Å². The summed E-state index contributed by atoms with van der Waals surface area (Å²) in [5.74, 6) is 0. The van der Waals surface area contributed by atoms with E-state index in [2.05, 4.69) is 223 Å². The normalized spacial score (nSPS) is 11.9.